The summed E-state index contributed by atoms with van der Waals surface area (Å²) < 4.78 is 6.49. The third-order valence-electron chi connectivity index (χ3n) is 2.54. The molecule has 0 unspecified atom stereocenters. The zero-order valence-corrected chi connectivity index (χ0v) is 10.5. The van der Waals surface area contributed by atoms with Crippen LogP contribution in [-0.4, -0.2) is 22.8 Å². The Kier molecular flexibility index (Phi) is 3.20. The number of hydrogen-bond donors (Lipinski definition) is 2. The summed E-state index contributed by atoms with van der Waals surface area (Å²) in [6.45, 7) is 0.485. The number of ether oxygens (including phenoxy) is 1. The number of hydrazine groups is 1. The van der Waals surface area contributed by atoms with E-state index >= 15 is 0 Å². The first-order valence-corrected chi connectivity index (χ1v) is 5.86. The van der Waals surface area contributed by atoms with Gasteiger partial charge in [0.15, 0.2) is 0 Å². The van der Waals surface area contributed by atoms with E-state index < -0.39 is 6.09 Å². The van der Waals surface area contributed by atoms with Gasteiger partial charge in [0.25, 0.3) is 0 Å². The molecule has 1 aromatic rings. The van der Waals surface area contributed by atoms with Gasteiger partial charge in [-0.05, 0) is 40.8 Å². The summed E-state index contributed by atoms with van der Waals surface area (Å²) in [7, 11) is 0. The zero-order valence-electron chi connectivity index (χ0n) is 8.39. The van der Waals surface area contributed by atoms with Crippen LogP contribution < -0.4 is 10.6 Å². The number of benzene rings is 1. The first kappa shape index (κ1) is 11.5. The lowest BCUT2D eigenvalue weighted by Gasteiger charge is -2.30. The molecular weight excluding hydrogens is 323 g/mol. The van der Waals surface area contributed by atoms with E-state index in [4.69, 9.17) is 15.7 Å². The molecule has 86 valence electrons. The highest BCUT2D eigenvalue weighted by Crippen LogP contribution is 2.35. The van der Waals surface area contributed by atoms with Gasteiger partial charge in [-0.15, -0.1) is 0 Å². The average molecular weight is 334 g/mol. The van der Waals surface area contributed by atoms with Gasteiger partial charge < -0.3 is 9.84 Å². The minimum Gasteiger partial charge on any atom is -0.493 e. The number of fused-ring (bicyclic) bond motifs is 1. The van der Waals surface area contributed by atoms with Gasteiger partial charge in [-0.1, -0.05) is 0 Å². The maximum Gasteiger partial charge on any atom is 0.422 e. The summed E-state index contributed by atoms with van der Waals surface area (Å²) in [5, 5.41) is 9.73. The normalized spacial score (nSPS) is 18.5. The topological polar surface area (TPSA) is 75.8 Å². The van der Waals surface area contributed by atoms with Crippen molar-refractivity contribution in [2.24, 2.45) is 5.84 Å². The van der Waals surface area contributed by atoms with Crippen molar-refractivity contribution in [1.29, 1.82) is 0 Å². The number of carboxylic acid groups (broad SMARTS) is 1. The summed E-state index contributed by atoms with van der Waals surface area (Å²) in [5.74, 6) is 6.25. The van der Waals surface area contributed by atoms with Crippen molar-refractivity contribution in [3.63, 3.8) is 0 Å². The second kappa shape index (κ2) is 4.46. The molecule has 1 aliphatic heterocycles. The van der Waals surface area contributed by atoms with Crippen molar-refractivity contribution in [2.75, 3.05) is 6.61 Å². The first-order chi connectivity index (χ1) is 7.59. The number of hydrogen-bond acceptors (Lipinski definition) is 3. The first-order valence-electron chi connectivity index (χ1n) is 4.78. The smallest absolute Gasteiger partial charge is 0.422 e. The van der Waals surface area contributed by atoms with Crippen LogP contribution in [-0.2, 0) is 0 Å². The molecule has 0 aromatic heterocycles. The monoisotopic (exact) mass is 334 g/mol. The third-order valence-corrected chi connectivity index (χ3v) is 3.21. The molecule has 1 aromatic carbocycles. The molecule has 0 spiro atoms. The Morgan fingerprint density at radius 3 is 3.06 bits per heavy atom. The summed E-state index contributed by atoms with van der Waals surface area (Å²) in [6, 6.07) is 5.35. The van der Waals surface area contributed by atoms with Gasteiger partial charge in [-0.2, -0.15) is 0 Å². The van der Waals surface area contributed by atoms with Crippen LogP contribution in [0.15, 0.2) is 18.2 Å². The quantitative estimate of drug-likeness (QED) is 0.356. The highest BCUT2D eigenvalue weighted by molar-refractivity contribution is 14.1. The van der Waals surface area contributed by atoms with Gasteiger partial charge in [0.1, 0.15) is 5.75 Å². The largest absolute Gasteiger partial charge is 0.493 e. The molecule has 0 saturated heterocycles. The Morgan fingerprint density at radius 1 is 1.62 bits per heavy atom. The SMILES string of the molecule is NN(C(=O)O)[C@H]1CCOc2ccc(I)cc21. The molecule has 0 aliphatic carbocycles. The van der Waals surface area contributed by atoms with E-state index in [0.29, 0.717) is 18.8 Å². The molecule has 5 nitrogen and oxygen atoms in total. The van der Waals surface area contributed by atoms with Gasteiger partial charge in [-0.25, -0.2) is 15.6 Å². The van der Waals surface area contributed by atoms with Gasteiger partial charge in [-0.3, -0.25) is 0 Å². The molecule has 1 atom stereocenters. The summed E-state index contributed by atoms with van der Waals surface area (Å²) in [6.07, 6.45) is -0.549. The second-order valence-electron chi connectivity index (χ2n) is 3.52. The van der Waals surface area contributed by atoms with Gasteiger partial charge in [0.05, 0.1) is 12.6 Å². The number of halogens is 1. The van der Waals surface area contributed by atoms with E-state index in [-0.39, 0.29) is 6.04 Å². The van der Waals surface area contributed by atoms with Gasteiger partial charge in [0, 0.05) is 15.6 Å². The van der Waals surface area contributed by atoms with Crippen molar-refractivity contribution in [3.05, 3.63) is 27.3 Å². The Balaban J connectivity index is 2.38. The number of amides is 1. The lowest BCUT2D eigenvalue weighted by molar-refractivity contribution is 0.107. The van der Waals surface area contributed by atoms with Crippen LogP contribution in [0.1, 0.15) is 18.0 Å². The van der Waals surface area contributed by atoms with E-state index in [2.05, 4.69) is 22.6 Å². The lowest BCUT2D eigenvalue weighted by atomic mass is 10.0. The molecule has 0 bridgehead atoms. The highest BCUT2D eigenvalue weighted by atomic mass is 127. The predicted molar refractivity (Wildman–Crippen MR) is 66.1 cm³/mol. The van der Waals surface area contributed by atoms with Crippen LogP contribution in [0.4, 0.5) is 4.79 Å². The second-order valence-corrected chi connectivity index (χ2v) is 4.77. The predicted octanol–water partition coefficient (Wildman–Crippen LogP) is 1.97. The Bertz CT molecular complexity index is 425. The summed E-state index contributed by atoms with van der Waals surface area (Å²) in [4.78, 5) is 10.9. The van der Waals surface area contributed by atoms with E-state index in [1.807, 2.05) is 18.2 Å². The van der Waals surface area contributed by atoms with Crippen molar-refractivity contribution in [3.8, 4) is 5.75 Å². The molecule has 0 radical (unpaired) electrons. The van der Waals surface area contributed by atoms with E-state index in [1.54, 1.807) is 0 Å². The molecule has 16 heavy (non-hydrogen) atoms. The van der Waals surface area contributed by atoms with E-state index in [0.717, 1.165) is 14.1 Å². The minimum absolute atomic E-state index is 0.323. The number of carbonyl (C=O) groups is 1. The lowest BCUT2D eigenvalue weighted by Crippen LogP contribution is -2.41. The molecular formula is C10H11IN2O3. The Labute approximate surface area is 106 Å². The van der Waals surface area contributed by atoms with Crippen LogP contribution in [0.25, 0.3) is 0 Å². The van der Waals surface area contributed by atoms with E-state index in [9.17, 15) is 4.79 Å². The van der Waals surface area contributed by atoms with Crippen LogP contribution in [0.2, 0.25) is 0 Å². The van der Waals surface area contributed by atoms with Gasteiger partial charge >= 0.3 is 6.09 Å². The van der Waals surface area contributed by atoms with Crippen LogP contribution in [0.3, 0.4) is 0 Å². The Morgan fingerprint density at radius 2 is 2.38 bits per heavy atom. The molecule has 3 N–H and O–H groups in total. The fourth-order valence-electron chi connectivity index (χ4n) is 1.77. The minimum atomic E-state index is -1.13. The number of nitrogens with two attached hydrogens (primary N) is 1. The summed E-state index contributed by atoms with van der Waals surface area (Å²) in [5.41, 5.74) is 0.836. The summed E-state index contributed by atoms with van der Waals surface area (Å²) >= 11 is 2.17. The molecule has 2 rings (SSSR count). The average Bonchev–Trinajstić information content (AvgIpc) is 2.27. The highest BCUT2D eigenvalue weighted by Gasteiger charge is 2.28. The third kappa shape index (κ3) is 2.07. The molecule has 0 fully saturated rings. The maximum atomic E-state index is 10.9. The van der Waals surface area contributed by atoms with Crippen molar-refractivity contribution >= 4 is 28.7 Å². The molecule has 1 aliphatic rings. The Hall–Kier alpha value is -1.02. The van der Waals surface area contributed by atoms with E-state index in [1.165, 1.54) is 0 Å². The molecule has 6 heteroatoms. The maximum absolute atomic E-state index is 10.9. The molecule has 1 amide bonds. The number of nitrogens with zero attached hydrogens (tertiary/aromatic N) is 1. The fraction of sp³-hybridized carbons (Fsp3) is 0.300. The van der Waals surface area contributed by atoms with Gasteiger partial charge in [0.2, 0.25) is 0 Å². The molecule has 1 heterocycles. The zero-order chi connectivity index (χ0) is 11.7. The van der Waals surface area contributed by atoms with Crippen LogP contribution >= 0.6 is 22.6 Å². The fourth-order valence-corrected chi connectivity index (χ4v) is 2.28. The van der Waals surface area contributed by atoms with Crippen molar-refractivity contribution in [2.45, 2.75) is 12.5 Å². The molecule has 0 saturated carbocycles. The van der Waals surface area contributed by atoms with Crippen molar-refractivity contribution in [1.82, 2.24) is 5.01 Å². The number of rotatable bonds is 1. The standard InChI is InChI=1S/C10H11IN2O3/c11-6-1-2-9-7(5-6)8(3-4-16-9)13(12)10(14)15/h1-2,5,8H,3-4,12H2,(H,14,15)/t8-/m0/s1. The van der Waals surface area contributed by atoms with Crippen LogP contribution in [0.5, 0.6) is 5.75 Å². The van der Waals surface area contributed by atoms with Crippen molar-refractivity contribution < 1.29 is 14.6 Å². The van der Waals surface area contributed by atoms with Crippen LogP contribution in [0, 0.1) is 3.57 Å².